The highest BCUT2D eigenvalue weighted by Crippen LogP contribution is 2.42. The van der Waals surface area contributed by atoms with E-state index < -0.39 is 0 Å². The molecule has 2 aromatic rings. The van der Waals surface area contributed by atoms with Crippen LogP contribution in [0.4, 0.5) is 5.82 Å². The predicted molar refractivity (Wildman–Crippen MR) is 80.4 cm³/mol. The molecule has 0 bridgehead atoms. The molecule has 0 saturated heterocycles. The van der Waals surface area contributed by atoms with E-state index in [-0.39, 0.29) is 0 Å². The molecule has 1 aromatic carbocycles. The van der Waals surface area contributed by atoms with Crippen LogP contribution in [0.1, 0.15) is 37.1 Å². The van der Waals surface area contributed by atoms with Crippen molar-refractivity contribution in [3.63, 3.8) is 0 Å². The van der Waals surface area contributed by atoms with Crippen LogP contribution in [0.25, 0.3) is 11.3 Å². The zero-order chi connectivity index (χ0) is 14.1. The highest BCUT2D eigenvalue weighted by atomic mass is 16.5. The van der Waals surface area contributed by atoms with Crippen LogP contribution >= 0.6 is 0 Å². The third-order valence-electron chi connectivity index (χ3n) is 3.83. The van der Waals surface area contributed by atoms with E-state index >= 15 is 0 Å². The van der Waals surface area contributed by atoms with Gasteiger partial charge < -0.3 is 15.0 Å². The van der Waals surface area contributed by atoms with E-state index in [1.807, 2.05) is 0 Å². The van der Waals surface area contributed by atoms with Gasteiger partial charge in [0.1, 0.15) is 17.3 Å². The molecule has 1 fully saturated rings. The van der Waals surface area contributed by atoms with E-state index in [4.69, 9.17) is 15.5 Å². The first-order chi connectivity index (χ1) is 9.74. The van der Waals surface area contributed by atoms with E-state index in [0.29, 0.717) is 12.5 Å². The quantitative estimate of drug-likeness (QED) is 0.908. The number of aromatic nitrogens is 2. The average Bonchev–Trinajstić information content (AvgIpc) is 3.24. The van der Waals surface area contributed by atoms with Crippen molar-refractivity contribution in [2.45, 2.75) is 38.8 Å². The van der Waals surface area contributed by atoms with Crippen LogP contribution in [0.15, 0.2) is 24.3 Å². The third-order valence-corrected chi connectivity index (χ3v) is 3.83. The predicted octanol–water partition coefficient (Wildman–Crippen LogP) is 3.18. The molecule has 3 rings (SSSR count). The molecule has 0 spiro atoms. The minimum absolute atomic E-state index is 0.610. The van der Waals surface area contributed by atoms with Crippen LogP contribution in [-0.4, -0.2) is 16.7 Å². The van der Waals surface area contributed by atoms with E-state index in [1.54, 1.807) is 7.11 Å². The van der Waals surface area contributed by atoms with E-state index in [9.17, 15) is 0 Å². The summed E-state index contributed by atoms with van der Waals surface area (Å²) in [6.45, 7) is 3.63. The summed E-state index contributed by atoms with van der Waals surface area (Å²) < 4.78 is 7.28. The van der Waals surface area contributed by atoms with Crippen molar-refractivity contribution >= 4 is 5.82 Å². The first kappa shape index (κ1) is 13.2. The number of methoxy groups -OCH3 is 1. The summed E-state index contributed by atoms with van der Waals surface area (Å²) in [4.78, 5) is 4.80. The minimum atomic E-state index is 0.610. The Hall–Kier alpha value is -1.81. The Balaban J connectivity index is 1.96. The first-order valence-electron chi connectivity index (χ1n) is 7.18. The lowest BCUT2D eigenvalue weighted by atomic mass is 10.1. The standard InChI is InChI=1S/C16H21N3O/c1-3-19-15(17)14(18-16(19)13-8-9-13)12-6-4-11(5-7-12)10-20-2/h4-7,13H,3,8-10,17H2,1-2H3. The summed E-state index contributed by atoms with van der Waals surface area (Å²) in [5, 5.41) is 0. The zero-order valence-electron chi connectivity index (χ0n) is 12.1. The molecule has 1 aliphatic carbocycles. The molecule has 1 aromatic heterocycles. The summed E-state index contributed by atoms with van der Waals surface area (Å²) in [6, 6.07) is 8.29. The van der Waals surface area contributed by atoms with Crippen LogP contribution < -0.4 is 5.73 Å². The third kappa shape index (κ3) is 2.31. The SMILES string of the molecule is CCn1c(C2CC2)nc(-c2ccc(COC)cc2)c1N. The number of nitrogens with two attached hydrogens (primary N) is 1. The second-order valence-corrected chi connectivity index (χ2v) is 5.35. The lowest BCUT2D eigenvalue weighted by Crippen LogP contribution is -2.04. The van der Waals surface area contributed by atoms with Crippen LogP contribution in [0.3, 0.4) is 0 Å². The maximum Gasteiger partial charge on any atom is 0.131 e. The molecule has 0 aliphatic heterocycles. The second-order valence-electron chi connectivity index (χ2n) is 5.35. The first-order valence-corrected chi connectivity index (χ1v) is 7.18. The zero-order valence-corrected chi connectivity index (χ0v) is 12.1. The Morgan fingerprint density at radius 2 is 2.00 bits per heavy atom. The molecule has 0 amide bonds. The van der Waals surface area contributed by atoms with Crippen LogP contribution in [0.2, 0.25) is 0 Å². The van der Waals surface area contributed by atoms with Gasteiger partial charge in [0, 0.05) is 25.1 Å². The fourth-order valence-corrected chi connectivity index (χ4v) is 2.61. The Labute approximate surface area is 119 Å². The van der Waals surface area contributed by atoms with Crippen LogP contribution in [0, 0.1) is 0 Å². The van der Waals surface area contributed by atoms with E-state index in [1.165, 1.54) is 12.8 Å². The topological polar surface area (TPSA) is 53.1 Å². The number of hydrogen-bond donors (Lipinski definition) is 1. The monoisotopic (exact) mass is 271 g/mol. The number of hydrogen-bond acceptors (Lipinski definition) is 3. The second kappa shape index (κ2) is 5.29. The molecule has 1 heterocycles. The van der Waals surface area contributed by atoms with Gasteiger partial charge in [-0.05, 0) is 25.3 Å². The molecule has 1 saturated carbocycles. The fourth-order valence-electron chi connectivity index (χ4n) is 2.61. The van der Waals surface area contributed by atoms with E-state index in [2.05, 4.69) is 35.8 Å². The molecular formula is C16H21N3O. The van der Waals surface area contributed by atoms with E-state index in [0.717, 1.165) is 35.0 Å². The summed E-state index contributed by atoms with van der Waals surface area (Å²) in [6.07, 6.45) is 2.48. The summed E-state index contributed by atoms with van der Waals surface area (Å²) >= 11 is 0. The Kier molecular flexibility index (Phi) is 3.49. The van der Waals surface area contributed by atoms with Crippen molar-refractivity contribution in [2.75, 3.05) is 12.8 Å². The molecule has 0 radical (unpaired) electrons. The number of nitrogens with zero attached hydrogens (tertiary/aromatic N) is 2. The average molecular weight is 271 g/mol. The molecule has 1 aliphatic rings. The molecular weight excluding hydrogens is 250 g/mol. The number of anilines is 1. The van der Waals surface area contributed by atoms with Crippen LogP contribution in [-0.2, 0) is 17.9 Å². The summed E-state index contributed by atoms with van der Waals surface area (Å²) in [5.41, 5.74) is 9.44. The highest BCUT2D eigenvalue weighted by molar-refractivity contribution is 5.71. The molecule has 20 heavy (non-hydrogen) atoms. The van der Waals surface area contributed by atoms with Crippen LogP contribution in [0.5, 0.6) is 0 Å². The lowest BCUT2D eigenvalue weighted by molar-refractivity contribution is 0.185. The van der Waals surface area contributed by atoms with Gasteiger partial charge in [-0.15, -0.1) is 0 Å². The van der Waals surface area contributed by atoms with Gasteiger partial charge >= 0.3 is 0 Å². The van der Waals surface area contributed by atoms with Gasteiger partial charge in [0.15, 0.2) is 0 Å². The van der Waals surface area contributed by atoms with Gasteiger partial charge in [-0.3, -0.25) is 0 Å². The van der Waals surface area contributed by atoms with Gasteiger partial charge in [0.05, 0.1) is 6.61 Å². The number of imidazole rings is 1. The smallest absolute Gasteiger partial charge is 0.131 e. The van der Waals surface area contributed by atoms with Gasteiger partial charge in [0.2, 0.25) is 0 Å². The number of ether oxygens (including phenoxy) is 1. The Morgan fingerprint density at radius 1 is 1.30 bits per heavy atom. The van der Waals surface area contributed by atoms with Gasteiger partial charge in [-0.25, -0.2) is 4.98 Å². The van der Waals surface area contributed by atoms with Gasteiger partial charge in [0.25, 0.3) is 0 Å². The lowest BCUT2D eigenvalue weighted by Gasteiger charge is -2.05. The molecule has 4 heteroatoms. The van der Waals surface area contributed by atoms with Crippen molar-refractivity contribution in [3.8, 4) is 11.3 Å². The molecule has 0 atom stereocenters. The van der Waals surface area contributed by atoms with Crippen molar-refractivity contribution in [3.05, 3.63) is 35.7 Å². The van der Waals surface area contributed by atoms with Crippen molar-refractivity contribution in [2.24, 2.45) is 0 Å². The molecule has 106 valence electrons. The fraction of sp³-hybridized carbons (Fsp3) is 0.438. The molecule has 2 N–H and O–H groups in total. The largest absolute Gasteiger partial charge is 0.383 e. The van der Waals surface area contributed by atoms with Crippen molar-refractivity contribution in [1.82, 2.24) is 9.55 Å². The minimum Gasteiger partial charge on any atom is -0.383 e. The van der Waals surface area contributed by atoms with Gasteiger partial charge in [-0.2, -0.15) is 0 Å². The molecule has 4 nitrogen and oxygen atoms in total. The summed E-state index contributed by atoms with van der Waals surface area (Å²) in [7, 11) is 1.71. The maximum atomic E-state index is 6.28. The number of benzene rings is 1. The van der Waals surface area contributed by atoms with Gasteiger partial charge in [-0.1, -0.05) is 24.3 Å². The Bertz CT molecular complexity index is 597. The number of rotatable bonds is 5. The Morgan fingerprint density at radius 3 is 2.55 bits per heavy atom. The maximum absolute atomic E-state index is 6.28. The molecule has 0 unspecified atom stereocenters. The summed E-state index contributed by atoms with van der Waals surface area (Å²) in [5.74, 6) is 2.55. The van der Waals surface area contributed by atoms with Crippen molar-refractivity contribution in [1.29, 1.82) is 0 Å². The highest BCUT2D eigenvalue weighted by Gasteiger charge is 2.30. The number of nitrogen functional groups attached to an aromatic ring is 1. The normalized spacial score (nSPS) is 14.7. The van der Waals surface area contributed by atoms with Crippen molar-refractivity contribution < 1.29 is 4.74 Å².